The van der Waals surface area contributed by atoms with Crippen molar-refractivity contribution in [1.29, 1.82) is 0 Å². The van der Waals surface area contributed by atoms with Crippen molar-refractivity contribution in [3.63, 3.8) is 0 Å². The highest BCUT2D eigenvalue weighted by atomic mass is 19.1. The Kier molecular flexibility index (Phi) is 5.35. The highest BCUT2D eigenvalue weighted by molar-refractivity contribution is 5.73. The number of carbonyl (C=O) groups is 1. The predicted octanol–water partition coefficient (Wildman–Crippen LogP) is 1.60. The largest absolute Gasteiger partial charge is 0.370 e. The van der Waals surface area contributed by atoms with E-state index in [1.165, 1.54) is 12.1 Å². The summed E-state index contributed by atoms with van der Waals surface area (Å²) < 4.78 is 12.9. The van der Waals surface area contributed by atoms with Crippen LogP contribution in [0.1, 0.15) is 19.3 Å². The number of nitrogens with two attached hydrogens (primary N) is 1. The lowest BCUT2D eigenvalue weighted by Gasteiger charge is -2.36. The van der Waals surface area contributed by atoms with Gasteiger partial charge in [-0.25, -0.2) is 4.39 Å². The van der Waals surface area contributed by atoms with Crippen LogP contribution in [0.2, 0.25) is 0 Å². The van der Waals surface area contributed by atoms with Gasteiger partial charge in [0.1, 0.15) is 5.82 Å². The molecule has 20 heavy (non-hydrogen) atoms. The smallest absolute Gasteiger partial charge is 0.217 e. The summed E-state index contributed by atoms with van der Waals surface area (Å²) in [6.45, 7) is 4.95. The molecule has 0 atom stereocenters. The molecule has 0 saturated carbocycles. The molecular weight excluding hydrogens is 257 g/mol. The molecule has 1 aromatic carbocycles. The van der Waals surface area contributed by atoms with E-state index in [-0.39, 0.29) is 11.7 Å². The third kappa shape index (κ3) is 4.49. The van der Waals surface area contributed by atoms with Gasteiger partial charge in [0.15, 0.2) is 0 Å². The second-order valence-corrected chi connectivity index (χ2v) is 5.23. The molecule has 1 heterocycles. The van der Waals surface area contributed by atoms with E-state index in [4.69, 9.17) is 5.73 Å². The molecule has 0 radical (unpaired) electrons. The number of rotatable bonds is 6. The summed E-state index contributed by atoms with van der Waals surface area (Å²) in [5.41, 5.74) is 6.20. The van der Waals surface area contributed by atoms with Crippen LogP contribution in [0.4, 0.5) is 10.1 Å². The van der Waals surface area contributed by atoms with E-state index >= 15 is 0 Å². The molecule has 0 aliphatic carbocycles. The molecule has 2 N–H and O–H groups in total. The summed E-state index contributed by atoms with van der Waals surface area (Å²) in [5.74, 6) is -0.409. The zero-order valence-corrected chi connectivity index (χ0v) is 11.7. The van der Waals surface area contributed by atoms with Gasteiger partial charge in [0.25, 0.3) is 0 Å². The number of unbranched alkanes of at least 4 members (excludes halogenated alkanes) is 1. The Morgan fingerprint density at radius 1 is 1.10 bits per heavy atom. The van der Waals surface area contributed by atoms with Crippen LogP contribution in [-0.2, 0) is 4.79 Å². The van der Waals surface area contributed by atoms with Crippen LogP contribution in [0.3, 0.4) is 0 Å². The standard InChI is InChI=1S/C15H22FN3O/c16-13-4-6-14(7-5-13)19-11-9-18(10-12-19)8-2-1-3-15(17)20/h4-7H,1-3,8-12H2,(H2,17,20). The molecule has 110 valence electrons. The lowest BCUT2D eigenvalue weighted by molar-refractivity contribution is -0.118. The summed E-state index contributed by atoms with van der Waals surface area (Å²) in [5, 5.41) is 0. The maximum atomic E-state index is 12.9. The molecule has 0 spiro atoms. The summed E-state index contributed by atoms with van der Waals surface area (Å²) in [6.07, 6.45) is 2.36. The number of anilines is 1. The second-order valence-electron chi connectivity index (χ2n) is 5.23. The third-order valence-corrected chi connectivity index (χ3v) is 3.71. The van der Waals surface area contributed by atoms with Gasteiger partial charge in [-0.3, -0.25) is 9.69 Å². The zero-order chi connectivity index (χ0) is 14.4. The van der Waals surface area contributed by atoms with Crippen molar-refractivity contribution in [3.8, 4) is 0 Å². The Morgan fingerprint density at radius 2 is 1.75 bits per heavy atom. The van der Waals surface area contributed by atoms with Crippen molar-refractivity contribution < 1.29 is 9.18 Å². The minimum atomic E-state index is -0.217. The van der Waals surface area contributed by atoms with E-state index in [9.17, 15) is 9.18 Å². The first kappa shape index (κ1) is 14.8. The Hall–Kier alpha value is -1.62. The quantitative estimate of drug-likeness (QED) is 0.805. The van der Waals surface area contributed by atoms with Crippen LogP contribution < -0.4 is 10.6 Å². The monoisotopic (exact) mass is 279 g/mol. The van der Waals surface area contributed by atoms with E-state index in [1.54, 1.807) is 0 Å². The molecule has 1 amide bonds. The van der Waals surface area contributed by atoms with Gasteiger partial charge >= 0.3 is 0 Å². The van der Waals surface area contributed by atoms with Crippen molar-refractivity contribution in [1.82, 2.24) is 4.90 Å². The van der Waals surface area contributed by atoms with Crippen molar-refractivity contribution in [2.45, 2.75) is 19.3 Å². The van der Waals surface area contributed by atoms with Crippen LogP contribution in [0.25, 0.3) is 0 Å². The number of halogens is 1. The van der Waals surface area contributed by atoms with Crippen molar-refractivity contribution >= 4 is 11.6 Å². The maximum absolute atomic E-state index is 12.9. The van der Waals surface area contributed by atoms with E-state index < -0.39 is 0 Å². The number of hydrogen-bond acceptors (Lipinski definition) is 3. The van der Waals surface area contributed by atoms with Gasteiger partial charge in [-0.2, -0.15) is 0 Å². The minimum Gasteiger partial charge on any atom is -0.370 e. The summed E-state index contributed by atoms with van der Waals surface area (Å²) in [4.78, 5) is 15.3. The molecule has 1 aliphatic heterocycles. The van der Waals surface area contributed by atoms with Crippen molar-refractivity contribution in [2.75, 3.05) is 37.6 Å². The fourth-order valence-corrected chi connectivity index (χ4v) is 2.52. The number of primary amides is 1. The molecule has 4 nitrogen and oxygen atoms in total. The predicted molar refractivity (Wildman–Crippen MR) is 78.1 cm³/mol. The molecule has 1 aromatic rings. The van der Waals surface area contributed by atoms with Crippen LogP contribution in [0, 0.1) is 5.82 Å². The van der Waals surface area contributed by atoms with Crippen LogP contribution in [0.15, 0.2) is 24.3 Å². The number of benzene rings is 1. The maximum Gasteiger partial charge on any atom is 0.217 e. The van der Waals surface area contributed by atoms with Crippen LogP contribution in [-0.4, -0.2) is 43.5 Å². The van der Waals surface area contributed by atoms with E-state index in [1.807, 2.05) is 12.1 Å². The van der Waals surface area contributed by atoms with Gasteiger partial charge in [-0.05, 0) is 43.7 Å². The second kappa shape index (κ2) is 7.24. The molecule has 0 bridgehead atoms. The first-order chi connectivity index (χ1) is 9.65. The molecule has 2 rings (SSSR count). The molecule has 0 aromatic heterocycles. The highest BCUT2D eigenvalue weighted by Crippen LogP contribution is 2.17. The van der Waals surface area contributed by atoms with Gasteiger partial charge in [-0.1, -0.05) is 0 Å². The first-order valence-electron chi connectivity index (χ1n) is 7.16. The Bertz CT molecular complexity index is 427. The first-order valence-corrected chi connectivity index (χ1v) is 7.16. The molecule has 1 fully saturated rings. The fraction of sp³-hybridized carbons (Fsp3) is 0.533. The number of hydrogen-bond donors (Lipinski definition) is 1. The number of nitrogens with zero attached hydrogens (tertiary/aromatic N) is 2. The van der Waals surface area contributed by atoms with Crippen LogP contribution in [0.5, 0.6) is 0 Å². The fourth-order valence-electron chi connectivity index (χ4n) is 2.52. The average Bonchev–Trinajstić information content (AvgIpc) is 2.45. The SMILES string of the molecule is NC(=O)CCCCN1CCN(c2ccc(F)cc2)CC1. The van der Waals surface area contributed by atoms with E-state index in [2.05, 4.69) is 9.80 Å². The van der Waals surface area contributed by atoms with Crippen molar-refractivity contribution in [2.24, 2.45) is 5.73 Å². The average molecular weight is 279 g/mol. The number of amides is 1. The molecule has 0 unspecified atom stereocenters. The van der Waals surface area contributed by atoms with Crippen molar-refractivity contribution in [3.05, 3.63) is 30.1 Å². The summed E-state index contributed by atoms with van der Waals surface area (Å²) in [6, 6.07) is 6.67. The number of carbonyl (C=O) groups excluding carboxylic acids is 1. The van der Waals surface area contributed by atoms with Gasteiger partial charge < -0.3 is 10.6 Å². The lowest BCUT2D eigenvalue weighted by Crippen LogP contribution is -2.46. The molecule has 1 aliphatic rings. The zero-order valence-electron chi connectivity index (χ0n) is 11.7. The Balaban J connectivity index is 1.69. The number of piperazine rings is 1. The van der Waals surface area contributed by atoms with Crippen LogP contribution >= 0.6 is 0 Å². The third-order valence-electron chi connectivity index (χ3n) is 3.71. The lowest BCUT2D eigenvalue weighted by atomic mass is 10.2. The summed E-state index contributed by atoms with van der Waals surface area (Å²) >= 11 is 0. The van der Waals surface area contributed by atoms with Gasteiger partial charge in [-0.15, -0.1) is 0 Å². The van der Waals surface area contributed by atoms with Gasteiger partial charge in [0.2, 0.25) is 5.91 Å². The molecule has 5 heteroatoms. The Labute approximate surface area is 119 Å². The van der Waals surface area contributed by atoms with Gasteiger partial charge in [0, 0.05) is 38.3 Å². The molecule has 1 saturated heterocycles. The summed E-state index contributed by atoms with van der Waals surface area (Å²) in [7, 11) is 0. The molecular formula is C15H22FN3O. The van der Waals surface area contributed by atoms with E-state index in [0.717, 1.165) is 51.3 Å². The Morgan fingerprint density at radius 3 is 2.35 bits per heavy atom. The normalized spacial score (nSPS) is 16.4. The minimum absolute atomic E-state index is 0.193. The van der Waals surface area contributed by atoms with Gasteiger partial charge in [0.05, 0.1) is 0 Å². The van der Waals surface area contributed by atoms with E-state index in [0.29, 0.717) is 6.42 Å². The highest BCUT2D eigenvalue weighted by Gasteiger charge is 2.16. The topological polar surface area (TPSA) is 49.6 Å².